The van der Waals surface area contributed by atoms with Crippen LogP contribution in [0.1, 0.15) is 38.3 Å². The maximum Gasteiger partial charge on any atom is 0.275 e. The number of nitrogens with zero attached hydrogens (tertiary/aromatic N) is 2. The van der Waals surface area contributed by atoms with E-state index in [0.29, 0.717) is 10.8 Å². The van der Waals surface area contributed by atoms with Gasteiger partial charge in [0.25, 0.3) is 5.56 Å². The Labute approximate surface area is 160 Å². The molecule has 1 amide bonds. The Balaban J connectivity index is 1.56. The number of halogens is 1. The van der Waals surface area contributed by atoms with E-state index in [1.165, 1.54) is 4.68 Å². The van der Waals surface area contributed by atoms with Crippen LogP contribution >= 0.6 is 15.9 Å². The summed E-state index contributed by atoms with van der Waals surface area (Å²) in [5.41, 5.74) is 0.890. The molecule has 1 N–H and O–H groups in total. The first-order chi connectivity index (χ1) is 12.4. The number of nitrogens with one attached hydrogen (secondary N) is 1. The molecule has 2 heterocycles. The molecule has 1 aliphatic carbocycles. The van der Waals surface area contributed by atoms with Gasteiger partial charge in [-0.2, -0.15) is 5.10 Å². The van der Waals surface area contributed by atoms with Gasteiger partial charge in [0.05, 0.1) is 24.3 Å². The van der Waals surface area contributed by atoms with Crippen molar-refractivity contribution in [2.75, 3.05) is 13.2 Å². The second kappa shape index (κ2) is 6.46. The summed E-state index contributed by atoms with van der Waals surface area (Å²) in [5.74, 6) is -0.0160. The molecule has 1 saturated heterocycles. The van der Waals surface area contributed by atoms with Gasteiger partial charge >= 0.3 is 0 Å². The van der Waals surface area contributed by atoms with Crippen LogP contribution in [0.3, 0.4) is 0 Å². The highest BCUT2D eigenvalue weighted by Gasteiger charge is 2.50. The summed E-state index contributed by atoms with van der Waals surface area (Å²) >= 11 is 3.45. The molecule has 0 atom stereocenters. The van der Waals surface area contributed by atoms with Crippen LogP contribution in [0.15, 0.2) is 27.5 Å². The van der Waals surface area contributed by atoms with E-state index in [0.717, 1.165) is 41.6 Å². The van der Waals surface area contributed by atoms with Gasteiger partial charge in [0.2, 0.25) is 5.91 Å². The molecular weight excluding hydrogens is 398 g/mol. The molecule has 4 rings (SSSR count). The number of rotatable bonds is 4. The van der Waals surface area contributed by atoms with E-state index in [-0.39, 0.29) is 30.0 Å². The Hall–Kier alpha value is -1.73. The standard InChI is InChI=1S/C19H22BrN3O3/c1-11(2)17-15-5-12(20)3-4-14(15)18(25)23(22-17)8-16(24)21-13-6-19(7-13)9-26-10-19/h3-5,11,13H,6-10H2,1-2H3,(H,21,24). The third-order valence-electron chi connectivity index (χ3n) is 5.33. The lowest BCUT2D eigenvalue weighted by Gasteiger charge is -2.53. The van der Waals surface area contributed by atoms with Crippen LogP contribution in [0.2, 0.25) is 0 Å². The highest BCUT2D eigenvalue weighted by Crippen LogP contribution is 2.46. The average Bonchev–Trinajstić information content (AvgIpc) is 2.50. The summed E-state index contributed by atoms with van der Waals surface area (Å²) in [6.45, 7) is 5.62. The fourth-order valence-corrected chi connectivity index (χ4v) is 4.30. The topological polar surface area (TPSA) is 73.2 Å². The number of amides is 1. The van der Waals surface area contributed by atoms with Gasteiger partial charge in [-0.15, -0.1) is 0 Å². The summed E-state index contributed by atoms with van der Waals surface area (Å²) < 4.78 is 7.46. The first-order valence-corrected chi connectivity index (χ1v) is 9.74. The molecule has 1 aliphatic heterocycles. The maximum absolute atomic E-state index is 12.8. The second-order valence-corrected chi connectivity index (χ2v) is 8.77. The van der Waals surface area contributed by atoms with Crippen LogP contribution in [0.25, 0.3) is 10.8 Å². The smallest absolute Gasteiger partial charge is 0.275 e. The minimum absolute atomic E-state index is 0.0510. The quantitative estimate of drug-likeness (QED) is 0.826. The number of carbonyl (C=O) groups is 1. The van der Waals surface area contributed by atoms with Gasteiger partial charge in [0.15, 0.2) is 0 Å². The Morgan fingerprint density at radius 2 is 2.12 bits per heavy atom. The monoisotopic (exact) mass is 419 g/mol. The van der Waals surface area contributed by atoms with E-state index in [1.807, 2.05) is 26.0 Å². The van der Waals surface area contributed by atoms with Gasteiger partial charge in [-0.1, -0.05) is 29.8 Å². The van der Waals surface area contributed by atoms with Crippen molar-refractivity contribution in [3.63, 3.8) is 0 Å². The van der Waals surface area contributed by atoms with Gasteiger partial charge < -0.3 is 10.1 Å². The lowest BCUT2D eigenvalue weighted by atomic mass is 9.64. The number of aromatic nitrogens is 2. The Bertz CT molecular complexity index is 926. The fourth-order valence-electron chi connectivity index (χ4n) is 3.94. The Morgan fingerprint density at radius 3 is 2.73 bits per heavy atom. The van der Waals surface area contributed by atoms with Gasteiger partial charge in [-0.25, -0.2) is 4.68 Å². The number of hydrogen-bond acceptors (Lipinski definition) is 4. The summed E-state index contributed by atoms with van der Waals surface area (Å²) in [6.07, 6.45) is 1.92. The highest BCUT2D eigenvalue weighted by atomic mass is 79.9. The van der Waals surface area contributed by atoms with Crippen molar-refractivity contribution in [1.29, 1.82) is 0 Å². The molecule has 0 unspecified atom stereocenters. The minimum atomic E-state index is -0.232. The van der Waals surface area contributed by atoms with Crippen LogP contribution in [0, 0.1) is 5.41 Å². The zero-order valence-electron chi connectivity index (χ0n) is 14.9. The number of ether oxygens (including phenoxy) is 1. The van der Waals surface area contributed by atoms with Crippen molar-refractivity contribution in [1.82, 2.24) is 15.1 Å². The average molecular weight is 420 g/mol. The zero-order chi connectivity index (χ0) is 18.5. The molecule has 0 radical (unpaired) electrons. The van der Waals surface area contributed by atoms with Gasteiger partial charge in [-0.05, 0) is 37.0 Å². The third-order valence-corrected chi connectivity index (χ3v) is 5.82. The largest absolute Gasteiger partial charge is 0.380 e. The lowest BCUT2D eigenvalue weighted by molar-refractivity contribution is -0.169. The number of fused-ring (bicyclic) bond motifs is 1. The molecular formula is C19H22BrN3O3. The van der Waals surface area contributed by atoms with Crippen LogP contribution < -0.4 is 10.9 Å². The van der Waals surface area contributed by atoms with E-state index in [2.05, 4.69) is 26.3 Å². The summed E-state index contributed by atoms with van der Waals surface area (Å²) in [4.78, 5) is 25.2. The Kier molecular flexibility index (Phi) is 4.39. The molecule has 7 heteroatoms. The van der Waals surface area contributed by atoms with Gasteiger partial charge in [0.1, 0.15) is 6.54 Å². The summed E-state index contributed by atoms with van der Waals surface area (Å²) in [5, 5.41) is 8.94. The molecule has 1 aromatic heterocycles. The highest BCUT2D eigenvalue weighted by molar-refractivity contribution is 9.10. The van der Waals surface area contributed by atoms with Crippen LogP contribution in [-0.2, 0) is 16.1 Å². The predicted octanol–water partition coefficient (Wildman–Crippen LogP) is 2.58. The van der Waals surface area contributed by atoms with Crippen LogP contribution in [0.5, 0.6) is 0 Å². The zero-order valence-corrected chi connectivity index (χ0v) is 16.5. The van der Waals surface area contributed by atoms with Crippen molar-refractivity contribution in [2.45, 2.75) is 45.2 Å². The van der Waals surface area contributed by atoms with E-state index in [4.69, 9.17) is 4.74 Å². The molecule has 26 heavy (non-hydrogen) atoms. The lowest BCUT2D eigenvalue weighted by Crippen LogP contribution is -2.59. The number of carbonyl (C=O) groups excluding carboxylic acids is 1. The molecule has 2 fully saturated rings. The predicted molar refractivity (Wildman–Crippen MR) is 102 cm³/mol. The third kappa shape index (κ3) is 3.07. The van der Waals surface area contributed by atoms with Crippen LogP contribution in [-0.4, -0.2) is 34.9 Å². The fraction of sp³-hybridized carbons (Fsp3) is 0.526. The molecule has 1 aromatic carbocycles. The van der Waals surface area contributed by atoms with Crippen molar-refractivity contribution < 1.29 is 9.53 Å². The Morgan fingerprint density at radius 1 is 1.38 bits per heavy atom. The first-order valence-electron chi connectivity index (χ1n) is 8.94. The second-order valence-electron chi connectivity index (χ2n) is 7.86. The minimum Gasteiger partial charge on any atom is -0.380 e. The van der Waals surface area contributed by atoms with Crippen molar-refractivity contribution >= 4 is 32.6 Å². The number of benzene rings is 1. The van der Waals surface area contributed by atoms with E-state index in [9.17, 15) is 9.59 Å². The molecule has 2 aromatic rings. The molecule has 138 valence electrons. The van der Waals surface area contributed by atoms with E-state index < -0.39 is 0 Å². The van der Waals surface area contributed by atoms with Gasteiger partial charge in [0, 0.05) is 21.3 Å². The van der Waals surface area contributed by atoms with Crippen molar-refractivity contribution in [3.05, 3.63) is 38.7 Å². The van der Waals surface area contributed by atoms with Crippen molar-refractivity contribution in [2.24, 2.45) is 5.41 Å². The van der Waals surface area contributed by atoms with Crippen molar-refractivity contribution in [3.8, 4) is 0 Å². The van der Waals surface area contributed by atoms with Gasteiger partial charge in [-0.3, -0.25) is 9.59 Å². The molecule has 6 nitrogen and oxygen atoms in total. The summed E-state index contributed by atoms with van der Waals surface area (Å²) in [6, 6.07) is 5.73. The number of hydrogen-bond donors (Lipinski definition) is 1. The molecule has 2 aliphatic rings. The van der Waals surface area contributed by atoms with E-state index >= 15 is 0 Å². The van der Waals surface area contributed by atoms with E-state index in [1.54, 1.807) is 6.07 Å². The first kappa shape index (κ1) is 17.7. The normalized spacial score (nSPS) is 18.8. The molecule has 1 spiro atoms. The molecule has 0 bridgehead atoms. The summed E-state index contributed by atoms with van der Waals surface area (Å²) in [7, 11) is 0. The molecule has 1 saturated carbocycles. The SMILES string of the molecule is CC(C)c1nn(CC(=O)NC2CC3(COC3)C2)c(=O)c2ccc(Br)cc12. The maximum atomic E-state index is 12.8. The van der Waals surface area contributed by atoms with Crippen LogP contribution in [0.4, 0.5) is 0 Å².